The second kappa shape index (κ2) is 5.08. The van der Waals surface area contributed by atoms with Gasteiger partial charge in [-0.1, -0.05) is 19.8 Å². The minimum absolute atomic E-state index is 0.0200. The van der Waals surface area contributed by atoms with Crippen LogP contribution in [0.15, 0.2) is 0 Å². The summed E-state index contributed by atoms with van der Waals surface area (Å²) in [6, 6.07) is 0.789. The summed E-state index contributed by atoms with van der Waals surface area (Å²) in [4.78, 5) is 12.6. The first-order valence-electron chi connectivity index (χ1n) is 8.21. The molecule has 0 heterocycles. The Hall–Kier alpha value is -0.570. The lowest BCUT2D eigenvalue weighted by Gasteiger charge is -2.48. The highest BCUT2D eigenvalue weighted by molar-refractivity contribution is 5.83. The van der Waals surface area contributed by atoms with E-state index in [0.29, 0.717) is 29.8 Å². The molecule has 0 aliphatic heterocycles. The lowest BCUT2D eigenvalue weighted by molar-refractivity contribution is -0.138. The van der Waals surface area contributed by atoms with Crippen LogP contribution in [0.5, 0.6) is 0 Å². The van der Waals surface area contributed by atoms with Crippen molar-refractivity contribution in [2.75, 3.05) is 0 Å². The fraction of sp³-hybridized carbons (Fsp3) is 0.938. The number of hydrogen-bond donors (Lipinski definition) is 2. The van der Waals surface area contributed by atoms with Gasteiger partial charge in [-0.15, -0.1) is 0 Å². The van der Waals surface area contributed by atoms with Crippen LogP contribution in [0.2, 0.25) is 0 Å². The zero-order valence-electron chi connectivity index (χ0n) is 12.2. The molecule has 2 unspecified atom stereocenters. The Balaban J connectivity index is 1.67. The van der Waals surface area contributed by atoms with E-state index in [1.165, 1.54) is 25.7 Å². The van der Waals surface area contributed by atoms with Gasteiger partial charge in [-0.05, 0) is 56.8 Å². The van der Waals surface area contributed by atoms with Crippen molar-refractivity contribution >= 4 is 5.91 Å². The largest absolute Gasteiger partial charge is 0.352 e. The zero-order chi connectivity index (χ0) is 13.5. The number of hydrogen-bond acceptors (Lipinski definition) is 2. The fourth-order valence-electron chi connectivity index (χ4n) is 4.67. The standard InChI is InChI=1S/C16H28N2O/c1-2-16(7-4-8-16)15(19)18-14-11-5-3-6-12(14)10-13(17)9-11/h11-14H,2-10,17H2,1H3,(H,18,19). The number of nitrogens with one attached hydrogen (secondary N) is 1. The number of rotatable bonds is 3. The van der Waals surface area contributed by atoms with Gasteiger partial charge in [-0.2, -0.15) is 0 Å². The summed E-state index contributed by atoms with van der Waals surface area (Å²) in [6.45, 7) is 2.16. The van der Waals surface area contributed by atoms with Crippen molar-refractivity contribution in [2.24, 2.45) is 23.0 Å². The van der Waals surface area contributed by atoms with E-state index < -0.39 is 0 Å². The summed E-state index contributed by atoms with van der Waals surface area (Å²) >= 11 is 0. The van der Waals surface area contributed by atoms with E-state index >= 15 is 0 Å². The molecule has 3 N–H and O–H groups in total. The quantitative estimate of drug-likeness (QED) is 0.823. The van der Waals surface area contributed by atoms with Gasteiger partial charge in [0.2, 0.25) is 5.91 Å². The molecule has 3 fully saturated rings. The summed E-state index contributed by atoms with van der Waals surface area (Å²) in [6.07, 6.45) is 10.5. The van der Waals surface area contributed by atoms with Gasteiger partial charge in [0.05, 0.1) is 0 Å². The topological polar surface area (TPSA) is 55.1 Å². The number of amides is 1. The van der Waals surface area contributed by atoms with E-state index in [9.17, 15) is 4.79 Å². The monoisotopic (exact) mass is 264 g/mol. The molecule has 3 saturated carbocycles. The van der Waals surface area contributed by atoms with Crippen molar-refractivity contribution in [3.05, 3.63) is 0 Å². The van der Waals surface area contributed by atoms with Gasteiger partial charge in [0.1, 0.15) is 0 Å². The van der Waals surface area contributed by atoms with Crippen LogP contribution >= 0.6 is 0 Å². The number of carbonyl (C=O) groups excluding carboxylic acids is 1. The summed E-state index contributed by atoms with van der Waals surface area (Å²) in [5.74, 6) is 1.62. The van der Waals surface area contributed by atoms with E-state index in [0.717, 1.165) is 32.1 Å². The van der Waals surface area contributed by atoms with Crippen molar-refractivity contribution in [2.45, 2.75) is 76.8 Å². The minimum atomic E-state index is -0.0200. The molecule has 3 aliphatic rings. The van der Waals surface area contributed by atoms with Crippen molar-refractivity contribution in [1.29, 1.82) is 0 Å². The Kier molecular flexibility index (Phi) is 3.59. The third kappa shape index (κ3) is 2.31. The molecule has 0 aromatic heterocycles. The molecule has 3 aliphatic carbocycles. The van der Waals surface area contributed by atoms with Crippen molar-refractivity contribution in [3.63, 3.8) is 0 Å². The van der Waals surface area contributed by atoms with Gasteiger partial charge in [-0.25, -0.2) is 0 Å². The predicted octanol–water partition coefficient (Wildman–Crippen LogP) is 2.59. The lowest BCUT2D eigenvalue weighted by atomic mass is 9.64. The van der Waals surface area contributed by atoms with Crippen LogP contribution in [-0.4, -0.2) is 18.0 Å². The molecular formula is C16H28N2O. The van der Waals surface area contributed by atoms with Gasteiger partial charge in [-0.3, -0.25) is 4.79 Å². The zero-order valence-corrected chi connectivity index (χ0v) is 12.2. The van der Waals surface area contributed by atoms with Gasteiger partial charge in [0.25, 0.3) is 0 Å². The normalized spacial score (nSPS) is 40.3. The molecule has 19 heavy (non-hydrogen) atoms. The molecule has 3 nitrogen and oxygen atoms in total. The first-order chi connectivity index (χ1) is 9.14. The van der Waals surface area contributed by atoms with E-state index in [1.54, 1.807) is 0 Å². The van der Waals surface area contributed by atoms with E-state index in [2.05, 4.69) is 12.2 Å². The molecule has 0 aromatic rings. The van der Waals surface area contributed by atoms with Crippen molar-refractivity contribution in [1.82, 2.24) is 5.32 Å². The first-order valence-corrected chi connectivity index (χ1v) is 8.21. The number of nitrogens with two attached hydrogens (primary N) is 1. The van der Waals surface area contributed by atoms with E-state index in [1.807, 2.05) is 0 Å². The van der Waals surface area contributed by atoms with Crippen LogP contribution in [0.25, 0.3) is 0 Å². The Bertz CT molecular complexity index is 331. The highest BCUT2D eigenvalue weighted by Crippen LogP contribution is 2.45. The van der Waals surface area contributed by atoms with Crippen molar-refractivity contribution < 1.29 is 4.79 Å². The third-order valence-corrected chi connectivity index (χ3v) is 6.14. The smallest absolute Gasteiger partial charge is 0.226 e. The Morgan fingerprint density at radius 1 is 1.21 bits per heavy atom. The molecule has 1 amide bonds. The average molecular weight is 264 g/mol. The second-order valence-corrected chi connectivity index (χ2v) is 7.17. The van der Waals surface area contributed by atoms with Crippen LogP contribution in [-0.2, 0) is 4.79 Å². The van der Waals surface area contributed by atoms with Gasteiger partial charge in [0, 0.05) is 17.5 Å². The summed E-state index contributed by atoms with van der Waals surface area (Å²) in [7, 11) is 0. The fourth-order valence-corrected chi connectivity index (χ4v) is 4.67. The van der Waals surface area contributed by atoms with E-state index in [4.69, 9.17) is 5.73 Å². The van der Waals surface area contributed by atoms with Gasteiger partial charge >= 0.3 is 0 Å². The molecule has 2 bridgehead atoms. The second-order valence-electron chi connectivity index (χ2n) is 7.17. The highest BCUT2D eigenvalue weighted by atomic mass is 16.2. The summed E-state index contributed by atoms with van der Waals surface area (Å²) in [5.41, 5.74) is 6.13. The number of carbonyl (C=O) groups is 1. The molecule has 0 radical (unpaired) electrons. The average Bonchev–Trinajstić information content (AvgIpc) is 2.29. The summed E-state index contributed by atoms with van der Waals surface area (Å²) in [5, 5.41) is 3.44. The molecule has 3 heteroatoms. The van der Waals surface area contributed by atoms with Gasteiger partial charge in [0.15, 0.2) is 0 Å². The van der Waals surface area contributed by atoms with E-state index in [-0.39, 0.29) is 5.41 Å². The maximum atomic E-state index is 12.6. The van der Waals surface area contributed by atoms with Crippen LogP contribution < -0.4 is 11.1 Å². The Morgan fingerprint density at radius 3 is 2.32 bits per heavy atom. The predicted molar refractivity (Wildman–Crippen MR) is 76.5 cm³/mol. The lowest BCUT2D eigenvalue weighted by Crippen LogP contribution is -2.57. The van der Waals surface area contributed by atoms with Crippen molar-refractivity contribution in [3.8, 4) is 0 Å². The Labute approximate surface area is 116 Å². The number of fused-ring (bicyclic) bond motifs is 2. The van der Waals surface area contributed by atoms with Gasteiger partial charge < -0.3 is 11.1 Å². The minimum Gasteiger partial charge on any atom is -0.352 e. The first kappa shape index (κ1) is 13.4. The molecule has 3 rings (SSSR count). The van der Waals surface area contributed by atoms with Crippen LogP contribution in [0.1, 0.15) is 64.7 Å². The van der Waals surface area contributed by atoms with Crippen LogP contribution in [0.4, 0.5) is 0 Å². The maximum absolute atomic E-state index is 12.6. The summed E-state index contributed by atoms with van der Waals surface area (Å²) < 4.78 is 0. The third-order valence-electron chi connectivity index (χ3n) is 6.14. The molecule has 0 aromatic carbocycles. The Morgan fingerprint density at radius 2 is 1.84 bits per heavy atom. The SMILES string of the molecule is CCC1(C(=O)NC2C3CCCC2CC(N)C3)CCC1. The maximum Gasteiger partial charge on any atom is 0.226 e. The molecule has 0 saturated heterocycles. The van der Waals surface area contributed by atoms with Crippen LogP contribution in [0.3, 0.4) is 0 Å². The highest BCUT2D eigenvalue weighted by Gasteiger charge is 2.46. The molecule has 0 spiro atoms. The molecular weight excluding hydrogens is 236 g/mol. The molecule has 2 atom stereocenters. The molecule has 108 valence electrons. The van der Waals surface area contributed by atoms with Crippen LogP contribution in [0, 0.1) is 17.3 Å².